The van der Waals surface area contributed by atoms with Crippen molar-refractivity contribution < 1.29 is 41.3 Å². The van der Waals surface area contributed by atoms with Crippen LogP contribution in [0.2, 0.25) is 0 Å². The predicted molar refractivity (Wildman–Crippen MR) is 89.9 cm³/mol. The van der Waals surface area contributed by atoms with E-state index in [2.05, 4.69) is 14.6 Å². The van der Waals surface area contributed by atoms with E-state index in [9.17, 15) is 22.4 Å². The zero-order chi connectivity index (χ0) is 21.1. The number of alkyl halides is 3. The molecule has 1 fully saturated rings. The molecule has 0 aliphatic carbocycles. The molecule has 0 atom stereocenters. The smallest absolute Gasteiger partial charge is 0.447 e. The summed E-state index contributed by atoms with van der Waals surface area (Å²) in [6, 6.07) is 3.79. The molecule has 11 heteroatoms. The molecule has 29 heavy (non-hydrogen) atoms. The van der Waals surface area contributed by atoms with Gasteiger partial charge in [0.15, 0.2) is 18.2 Å². The Labute approximate surface area is 163 Å². The van der Waals surface area contributed by atoms with Crippen molar-refractivity contribution in [3.05, 3.63) is 47.5 Å². The fourth-order valence-electron chi connectivity index (χ4n) is 2.67. The fraction of sp³-hybridized carbons (Fsp3) is 0.444. The first-order valence-corrected chi connectivity index (χ1v) is 8.69. The van der Waals surface area contributed by atoms with Crippen LogP contribution in [0.4, 0.5) is 17.6 Å². The second-order valence-corrected chi connectivity index (χ2v) is 6.15. The number of benzene rings is 1. The summed E-state index contributed by atoms with van der Waals surface area (Å²) in [6.45, 7) is 0.534. The monoisotopic (exact) mass is 418 g/mol. The van der Waals surface area contributed by atoms with E-state index in [4.69, 9.17) is 9.47 Å². The van der Waals surface area contributed by atoms with Crippen molar-refractivity contribution in [3.8, 4) is 5.75 Å². The third-order valence-corrected chi connectivity index (χ3v) is 4.09. The molecule has 0 spiro atoms. The van der Waals surface area contributed by atoms with E-state index in [0.717, 1.165) is 6.07 Å². The number of rotatable bonds is 7. The largest absolute Gasteiger partial charge is 0.484 e. The molecule has 0 radical (unpaired) electrons. The minimum Gasteiger partial charge on any atom is -0.484 e. The number of nitrogens with zero attached hydrogens (tertiary/aromatic N) is 2. The average Bonchev–Trinajstić information content (AvgIpc) is 3.31. The Kier molecular flexibility index (Phi) is 6.08. The first-order valence-electron chi connectivity index (χ1n) is 8.69. The van der Waals surface area contributed by atoms with Gasteiger partial charge >= 0.3 is 17.9 Å². The Bertz CT molecular complexity index is 862. The van der Waals surface area contributed by atoms with Gasteiger partial charge < -0.3 is 18.9 Å². The molecule has 1 aromatic heterocycles. The van der Waals surface area contributed by atoms with E-state index in [1.54, 1.807) is 6.92 Å². The van der Waals surface area contributed by atoms with Gasteiger partial charge in [-0.05, 0) is 24.6 Å². The van der Waals surface area contributed by atoms with Crippen molar-refractivity contribution >= 4 is 5.97 Å². The molecule has 158 valence electrons. The predicted octanol–water partition coefficient (Wildman–Crippen LogP) is 2.93. The van der Waals surface area contributed by atoms with Crippen LogP contribution in [0.3, 0.4) is 0 Å². The maximum Gasteiger partial charge on any atom is 0.447 e. The second-order valence-electron chi connectivity index (χ2n) is 6.15. The fourth-order valence-corrected chi connectivity index (χ4v) is 2.67. The summed E-state index contributed by atoms with van der Waals surface area (Å²) < 4.78 is 74.4. The lowest BCUT2D eigenvalue weighted by Gasteiger charge is -2.29. The molecule has 7 nitrogen and oxygen atoms in total. The first kappa shape index (κ1) is 21.1. The van der Waals surface area contributed by atoms with Crippen molar-refractivity contribution in [3.63, 3.8) is 0 Å². The van der Waals surface area contributed by atoms with Gasteiger partial charge in [-0.15, -0.1) is 0 Å². The summed E-state index contributed by atoms with van der Waals surface area (Å²) in [4.78, 5) is 11.6. The Morgan fingerprint density at radius 2 is 2.03 bits per heavy atom. The SMILES string of the molecule is CCOC(=O)c1cnn(Cc2ccc(OCC3(C(F)(F)F)OCCO3)c(F)c2)c1. The van der Waals surface area contributed by atoms with Gasteiger partial charge in [-0.2, -0.15) is 18.3 Å². The topological polar surface area (TPSA) is 71.8 Å². The molecule has 2 heterocycles. The van der Waals surface area contributed by atoms with Gasteiger partial charge in [-0.25, -0.2) is 9.18 Å². The van der Waals surface area contributed by atoms with Gasteiger partial charge in [0.25, 0.3) is 0 Å². The van der Waals surface area contributed by atoms with Crippen molar-refractivity contribution in [1.29, 1.82) is 0 Å². The number of aromatic nitrogens is 2. The van der Waals surface area contributed by atoms with Crippen molar-refractivity contribution in [2.45, 2.75) is 25.4 Å². The lowest BCUT2D eigenvalue weighted by atomic mass is 10.2. The van der Waals surface area contributed by atoms with Gasteiger partial charge in [0.05, 0.1) is 38.1 Å². The summed E-state index contributed by atoms with van der Waals surface area (Å²) in [5, 5.41) is 4.00. The molecule has 1 aromatic carbocycles. The van der Waals surface area contributed by atoms with Gasteiger partial charge in [0.2, 0.25) is 0 Å². The van der Waals surface area contributed by atoms with Gasteiger partial charge in [0, 0.05) is 6.20 Å². The van der Waals surface area contributed by atoms with Crippen LogP contribution in [0, 0.1) is 5.82 Å². The van der Waals surface area contributed by atoms with Crippen molar-refractivity contribution in [2.75, 3.05) is 26.4 Å². The number of carbonyl (C=O) groups is 1. The molecule has 0 saturated carbocycles. The number of carbonyl (C=O) groups excluding carboxylic acids is 1. The summed E-state index contributed by atoms with van der Waals surface area (Å²) in [6.07, 6.45) is -2.05. The van der Waals surface area contributed by atoms with Crippen LogP contribution >= 0.6 is 0 Å². The number of halogens is 4. The van der Waals surface area contributed by atoms with Crippen LogP contribution < -0.4 is 4.74 Å². The molecule has 1 saturated heterocycles. The molecule has 0 bridgehead atoms. The number of ether oxygens (including phenoxy) is 4. The van der Waals surface area contributed by atoms with E-state index >= 15 is 0 Å². The average molecular weight is 418 g/mol. The maximum atomic E-state index is 14.3. The third kappa shape index (κ3) is 4.67. The highest BCUT2D eigenvalue weighted by Crippen LogP contribution is 2.38. The van der Waals surface area contributed by atoms with E-state index in [-0.39, 0.29) is 37.7 Å². The van der Waals surface area contributed by atoms with Crippen LogP contribution in [0.1, 0.15) is 22.8 Å². The maximum absolute atomic E-state index is 14.3. The normalized spacial score (nSPS) is 16.0. The standard InChI is InChI=1S/C18H18F4N2O5/c1-2-26-16(25)13-8-23-24(10-13)9-12-3-4-15(14(19)7-12)27-11-17(18(20,21)22)28-5-6-29-17/h3-4,7-8,10H,2,5-6,9,11H2,1H3. The molecule has 3 rings (SSSR count). The number of hydrogen-bond donors (Lipinski definition) is 0. The summed E-state index contributed by atoms with van der Waals surface area (Å²) >= 11 is 0. The third-order valence-electron chi connectivity index (χ3n) is 4.09. The van der Waals surface area contributed by atoms with Crippen LogP contribution in [-0.2, 0) is 20.8 Å². The first-order chi connectivity index (χ1) is 13.7. The molecule has 1 aliphatic heterocycles. The summed E-state index contributed by atoms with van der Waals surface area (Å²) in [5.74, 6) is -4.65. The molecular weight excluding hydrogens is 400 g/mol. The van der Waals surface area contributed by atoms with E-state index in [0.29, 0.717) is 5.56 Å². The van der Waals surface area contributed by atoms with Crippen LogP contribution in [-0.4, -0.2) is 54.1 Å². The van der Waals surface area contributed by atoms with Gasteiger partial charge in [-0.3, -0.25) is 4.68 Å². The van der Waals surface area contributed by atoms with Crippen molar-refractivity contribution in [2.24, 2.45) is 0 Å². The summed E-state index contributed by atoms with van der Waals surface area (Å²) in [7, 11) is 0. The highest BCUT2D eigenvalue weighted by atomic mass is 19.4. The quantitative estimate of drug-likeness (QED) is 0.509. The molecule has 2 aromatic rings. The molecule has 0 amide bonds. The molecule has 1 aliphatic rings. The molecule has 0 N–H and O–H groups in total. The van der Waals surface area contributed by atoms with E-state index in [1.165, 1.54) is 29.2 Å². The zero-order valence-electron chi connectivity index (χ0n) is 15.4. The van der Waals surface area contributed by atoms with E-state index < -0.39 is 30.4 Å². The summed E-state index contributed by atoms with van der Waals surface area (Å²) in [5.41, 5.74) is 0.716. The second kappa shape index (κ2) is 8.37. The Morgan fingerprint density at radius 1 is 1.31 bits per heavy atom. The highest BCUT2D eigenvalue weighted by Gasteiger charge is 2.61. The minimum atomic E-state index is -4.82. The number of hydrogen-bond acceptors (Lipinski definition) is 6. The van der Waals surface area contributed by atoms with Crippen molar-refractivity contribution in [1.82, 2.24) is 9.78 Å². The Balaban J connectivity index is 1.65. The van der Waals surface area contributed by atoms with Crippen LogP contribution in [0.25, 0.3) is 0 Å². The molecule has 0 unspecified atom stereocenters. The Hall–Kier alpha value is -2.66. The van der Waals surface area contributed by atoms with Crippen LogP contribution in [0.15, 0.2) is 30.6 Å². The van der Waals surface area contributed by atoms with Gasteiger partial charge in [-0.1, -0.05) is 6.07 Å². The lowest BCUT2D eigenvalue weighted by molar-refractivity contribution is -0.350. The van der Waals surface area contributed by atoms with Gasteiger partial charge in [0.1, 0.15) is 0 Å². The molecular formula is C18H18F4N2O5. The number of esters is 1. The van der Waals surface area contributed by atoms with E-state index in [1.807, 2.05) is 0 Å². The highest BCUT2D eigenvalue weighted by molar-refractivity contribution is 5.88. The Morgan fingerprint density at radius 3 is 2.66 bits per heavy atom. The zero-order valence-corrected chi connectivity index (χ0v) is 15.4. The minimum absolute atomic E-state index is 0.134. The lowest BCUT2D eigenvalue weighted by Crippen LogP contribution is -2.51. The van der Waals surface area contributed by atoms with Crippen LogP contribution in [0.5, 0.6) is 5.75 Å².